The molecule has 2 bridgehead atoms. The predicted octanol–water partition coefficient (Wildman–Crippen LogP) is 3.98. The molecule has 0 unspecified atom stereocenters. The van der Waals surface area contributed by atoms with Gasteiger partial charge in [0.2, 0.25) is 0 Å². The topological polar surface area (TPSA) is 32.3 Å². The zero-order valence-corrected chi connectivity index (χ0v) is 12.6. The fourth-order valence-corrected chi connectivity index (χ4v) is 4.29. The van der Waals surface area contributed by atoms with E-state index in [1.54, 1.807) is 0 Å². The van der Waals surface area contributed by atoms with E-state index >= 15 is 0 Å². The largest absolute Gasteiger partial charge is 0.324 e. The maximum absolute atomic E-state index is 12.5. The molecule has 0 aromatic heterocycles. The number of anilines is 1. The molecule has 20 heavy (non-hydrogen) atoms. The van der Waals surface area contributed by atoms with Crippen molar-refractivity contribution in [2.45, 2.75) is 33.6 Å². The number of carbonyl (C=O) groups excluding carboxylic acids is 1. The smallest absolute Gasteiger partial charge is 0.321 e. The van der Waals surface area contributed by atoms with Gasteiger partial charge in [0.25, 0.3) is 0 Å². The minimum atomic E-state index is 0.0461. The van der Waals surface area contributed by atoms with Gasteiger partial charge in [-0.3, -0.25) is 0 Å². The van der Waals surface area contributed by atoms with Crippen molar-refractivity contribution in [1.29, 1.82) is 0 Å². The van der Waals surface area contributed by atoms with Crippen molar-refractivity contribution in [3.05, 3.63) is 30.3 Å². The second-order valence-corrected chi connectivity index (χ2v) is 7.55. The van der Waals surface area contributed by atoms with E-state index in [4.69, 9.17) is 0 Å². The van der Waals surface area contributed by atoms with Crippen LogP contribution in [-0.2, 0) is 0 Å². The predicted molar refractivity (Wildman–Crippen MR) is 81.6 cm³/mol. The summed E-state index contributed by atoms with van der Waals surface area (Å²) in [7, 11) is 0. The standard InChI is InChI=1S/C17H24N2O/c1-16(2)11-17(3)9-13(16)10-19(12-17)15(20)18-14-7-5-4-6-8-14/h4-8,13H,9-12H2,1-3H3,(H,18,20)/t13-,17-/m0/s1. The maximum Gasteiger partial charge on any atom is 0.321 e. The van der Waals surface area contributed by atoms with Gasteiger partial charge in [-0.25, -0.2) is 4.79 Å². The third kappa shape index (κ3) is 2.41. The molecule has 0 radical (unpaired) electrons. The quantitative estimate of drug-likeness (QED) is 0.824. The molecule has 3 nitrogen and oxygen atoms in total. The number of urea groups is 1. The van der Waals surface area contributed by atoms with Crippen LogP contribution in [0.1, 0.15) is 33.6 Å². The first kappa shape index (κ1) is 13.5. The van der Waals surface area contributed by atoms with Crippen LogP contribution in [-0.4, -0.2) is 24.0 Å². The van der Waals surface area contributed by atoms with Gasteiger partial charge in [0.15, 0.2) is 0 Å². The minimum absolute atomic E-state index is 0.0461. The number of amides is 2. The Labute approximate surface area is 121 Å². The molecular weight excluding hydrogens is 248 g/mol. The summed E-state index contributed by atoms with van der Waals surface area (Å²) in [6, 6.07) is 9.76. The summed E-state index contributed by atoms with van der Waals surface area (Å²) in [6.45, 7) is 8.80. The van der Waals surface area contributed by atoms with Crippen molar-refractivity contribution in [2.75, 3.05) is 18.4 Å². The number of benzene rings is 1. The van der Waals surface area contributed by atoms with Crippen LogP contribution in [0.3, 0.4) is 0 Å². The Balaban J connectivity index is 1.72. The van der Waals surface area contributed by atoms with Crippen molar-refractivity contribution in [1.82, 2.24) is 4.90 Å². The summed E-state index contributed by atoms with van der Waals surface area (Å²) < 4.78 is 0. The Morgan fingerprint density at radius 1 is 1.25 bits per heavy atom. The Hall–Kier alpha value is -1.51. The van der Waals surface area contributed by atoms with Gasteiger partial charge in [0.05, 0.1) is 0 Å². The summed E-state index contributed by atoms with van der Waals surface area (Å²) in [5.74, 6) is 0.628. The summed E-state index contributed by atoms with van der Waals surface area (Å²) in [5, 5.41) is 3.01. The molecule has 2 amide bonds. The highest BCUT2D eigenvalue weighted by atomic mass is 16.2. The lowest BCUT2D eigenvalue weighted by molar-refractivity contribution is 0.125. The van der Waals surface area contributed by atoms with Crippen molar-refractivity contribution in [3.63, 3.8) is 0 Å². The number of piperidine rings is 1. The van der Waals surface area contributed by atoms with Crippen LogP contribution in [0.25, 0.3) is 0 Å². The number of likely N-dealkylation sites (tertiary alicyclic amines) is 1. The average Bonchev–Trinajstić information content (AvgIpc) is 2.54. The lowest BCUT2D eigenvalue weighted by atomic mass is 9.82. The third-order valence-electron chi connectivity index (χ3n) is 5.05. The van der Waals surface area contributed by atoms with Crippen molar-refractivity contribution in [2.24, 2.45) is 16.7 Å². The summed E-state index contributed by atoms with van der Waals surface area (Å²) in [6.07, 6.45) is 2.48. The van der Waals surface area contributed by atoms with E-state index in [1.807, 2.05) is 35.2 Å². The van der Waals surface area contributed by atoms with E-state index in [9.17, 15) is 4.79 Å². The van der Waals surface area contributed by atoms with Gasteiger partial charge in [-0.05, 0) is 41.7 Å². The summed E-state index contributed by atoms with van der Waals surface area (Å²) >= 11 is 0. The first-order valence-electron chi connectivity index (χ1n) is 7.49. The number of para-hydroxylation sites is 1. The molecule has 1 heterocycles. The second kappa shape index (κ2) is 4.51. The van der Waals surface area contributed by atoms with Crippen molar-refractivity contribution < 1.29 is 4.79 Å². The van der Waals surface area contributed by atoms with Gasteiger partial charge >= 0.3 is 6.03 Å². The van der Waals surface area contributed by atoms with Gasteiger partial charge in [0, 0.05) is 18.8 Å². The second-order valence-electron chi connectivity index (χ2n) is 7.55. The molecule has 2 aliphatic rings. The molecule has 1 saturated heterocycles. The van der Waals surface area contributed by atoms with E-state index in [0.29, 0.717) is 16.7 Å². The summed E-state index contributed by atoms with van der Waals surface area (Å²) in [5.41, 5.74) is 1.52. The molecule has 1 aliphatic carbocycles. The molecule has 1 saturated carbocycles. The molecule has 2 atom stereocenters. The Morgan fingerprint density at radius 2 is 1.95 bits per heavy atom. The van der Waals surface area contributed by atoms with E-state index in [-0.39, 0.29) is 6.03 Å². The zero-order valence-electron chi connectivity index (χ0n) is 12.6. The molecule has 1 aromatic carbocycles. The van der Waals surface area contributed by atoms with E-state index < -0.39 is 0 Å². The molecule has 0 spiro atoms. The third-order valence-corrected chi connectivity index (χ3v) is 5.05. The molecule has 3 rings (SSSR count). The number of rotatable bonds is 1. The molecule has 1 aliphatic heterocycles. The SMILES string of the molecule is CC1(C)C[C@]2(C)C[C@H]1CN(C(=O)Nc1ccccc1)C2. The van der Waals surface area contributed by atoms with Gasteiger partial charge in [-0.15, -0.1) is 0 Å². The number of nitrogens with one attached hydrogen (secondary N) is 1. The summed E-state index contributed by atoms with van der Waals surface area (Å²) in [4.78, 5) is 14.5. The highest BCUT2D eigenvalue weighted by Gasteiger charge is 2.52. The van der Waals surface area contributed by atoms with Gasteiger partial charge in [-0.1, -0.05) is 39.0 Å². The first-order chi connectivity index (χ1) is 9.38. The minimum Gasteiger partial charge on any atom is -0.324 e. The Bertz CT molecular complexity index is 511. The molecule has 2 fully saturated rings. The Morgan fingerprint density at radius 3 is 2.60 bits per heavy atom. The maximum atomic E-state index is 12.5. The highest BCUT2D eigenvalue weighted by molar-refractivity contribution is 5.89. The lowest BCUT2D eigenvalue weighted by Crippen LogP contribution is -2.47. The fourth-order valence-electron chi connectivity index (χ4n) is 4.29. The van der Waals surface area contributed by atoms with E-state index in [1.165, 1.54) is 12.8 Å². The number of nitrogens with zero attached hydrogens (tertiary/aromatic N) is 1. The van der Waals surface area contributed by atoms with E-state index in [2.05, 4.69) is 26.1 Å². The monoisotopic (exact) mass is 272 g/mol. The van der Waals surface area contributed by atoms with Gasteiger partial charge < -0.3 is 10.2 Å². The number of hydrogen-bond acceptors (Lipinski definition) is 1. The van der Waals surface area contributed by atoms with Crippen LogP contribution in [0.4, 0.5) is 10.5 Å². The van der Waals surface area contributed by atoms with Crippen LogP contribution in [0, 0.1) is 16.7 Å². The molecule has 108 valence electrons. The highest BCUT2D eigenvalue weighted by Crippen LogP contribution is 2.55. The van der Waals surface area contributed by atoms with Crippen LogP contribution < -0.4 is 5.32 Å². The average molecular weight is 272 g/mol. The first-order valence-corrected chi connectivity index (χ1v) is 7.49. The van der Waals surface area contributed by atoms with Gasteiger partial charge in [0.1, 0.15) is 0 Å². The lowest BCUT2D eigenvalue weighted by Gasteiger charge is -2.38. The molecule has 1 aromatic rings. The normalized spacial score (nSPS) is 31.1. The fraction of sp³-hybridized carbons (Fsp3) is 0.588. The number of hydrogen-bond donors (Lipinski definition) is 1. The van der Waals surface area contributed by atoms with Crippen LogP contribution in [0.5, 0.6) is 0 Å². The van der Waals surface area contributed by atoms with Crippen molar-refractivity contribution >= 4 is 11.7 Å². The number of carbonyl (C=O) groups is 1. The molecular formula is C17H24N2O. The van der Waals surface area contributed by atoms with Crippen LogP contribution in [0.15, 0.2) is 30.3 Å². The van der Waals surface area contributed by atoms with Crippen LogP contribution in [0.2, 0.25) is 0 Å². The van der Waals surface area contributed by atoms with Crippen LogP contribution >= 0.6 is 0 Å². The molecule has 3 heteroatoms. The molecule has 1 N–H and O–H groups in total. The zero-order chi connectivity index (χ0) is 14.4. The number of fused-ring (bicyclic) bond motifs is 2. The van der Waals surface area contributed by atoms with Gasteiger partial charge in [-0.2, -0.15) is 0 Å². The van der Waals surface area contributed by atoms with E-state index in [0.717, 1.165) is 18.8 Å². The Kier molecular flexibility index (Phi) is 3.03. The van der Waals surface area contributed by atoms with Crippen molar-refractivity contribution in [3.8, 4) is 0 Å².